The molecule has 2 heteroatoms. The van der Waals surface area contributed by atoms with Gasteiger partial charge in [0.05, 0.1) is 0 Å². The van der Waals surface area contributed by atoms with Crippen molar-refractivity contribution in [2.75, 3.05) is 0 Å². The summed E-state index contributed by atoms with van der Waals surface area (Å²) in [6, 6.07) is 6.56. The molecule has 110 valence electrons. The highest BCUT2D eigenvalue weighted by atomic mass is 16.5. The first-order valence-corrected chi connectivity index (χ1v) is 7.94. The van der Waals surface area contributed by atoms with Crippen molar-refractivity contribution in [2.45, 2.75) is 70.9 Å². The zero-order valence-corrected chi connectivity index (χ0v) is 13.0. The van der Waals surface area contributed by atoms with Gasteiger partial charge in [-0.3, -0.25) is 0 Å². The van der Waals surface area contributed by atoms with Gasteiger partial charge in [0.1, 0.15) is 11.4 Å². The summed E-state index contributed by atoms with van der Waals surface area (Å²) in [6.45, 7) is 6.88. The number of rotatable bonds is 0. The Morgan fingerprint density at radius 2 is 1.95 bits per heavy atom. The van der Waals surface area contributed by atoms with Crippen LogP contribution < -0.4 is 10.5 Å². The minimum Gasteiger partial charge on any atom is -0.487 e. The van der Waals surface area contributed by atoms with Crippen LogP contribution in [0.25, 0.3) is 0 Å². The van der Waals surface area contributed by atoms with Gasteiger partial charge in [0, 0.05) is 18.0 Å². The Bertz CT molecular complexity index is 508. The van der Waals surface area contributed by atoms with E-state index in [9.17, 15) is 0 Å². The van der Waals surface area contributed by atoms with Crippen molar-refractivity contribution >= 4 is 0 Å². The molecule has 1 spiro atoms. The summed E-state index contributed by atoms with van der Waals surface area (Å²) in [5.41, 5.74) is 9.35. The van der Waals surface area contributed by atoms with Gasteiger partial charge in [0.25, 0.3) is 0 Å². The highest BCUT2D eigenvalue weighted by Crippen LogP contribution is 2.47. The normalized spacial score (nSPS) is 32.3. The van der Waals surface area contributed by atoms with Crippen molar-refractivity contribution in [1.29, 1.82) is 0 Å². The second-order valence-electron chi connectivity index (χ2n) is 7.65. The number of hydrogen-bond donors (Lipinski definition) is 1. The molecule has 20 heavy (non-hydrogen) atoms. The summed E-state index contributed by atoms with van der Waals surface area (Å²) in [7, 11) is 0. The van der Waals surface area contributed by atoms with Gasteiger partial charge in [-0.05, 0) is 50.5 Å². The molecule has 2 N–H and O–H groups in total. The van der Waals surface area contributed by atoms with Crippen LogP contribution in [-0.4, -0.2) is 5.60 Å². The van der Waals surface area contributed by atoms with E-state index in [1.54, 1.807) is 0 Å². The lowest BCUT2D eigenvalue weighted by Gasteiger charge is -2.41. The summed E-state index contributed by atoms with van der Waals surface area (Å²) in [5, 5.41) is 0. The molecule has 0 bridgehead atoms. The van der Waals surface area contributed by atoms with Gasteiger partial charge in [0.2, 0.25) is 0 Å². The van der Waals surface area contributed by atoms with E-state index in [2.05, 4.69) is 39.0 Å². The van der Waals surface area contributed by atoms with E-state index in [0.717, 1.165) is 25.0 Å². The van der Waals surface area contributed by atoms with Gasteiger partial charge in [-0.25, -0.2) is 0 Å². The molecule has 1 unspecified atom stereocenters. The highest BCUT2D eigenvalue weighted by Gasteiger charge is 2.42. The first kappa shape index (κ1) is 13.9. The molecular weight excluding hydrogens is 246 g/mol. The minimum absolute atomic E-state index is 0.0184. The third kappa shape index (κ3) is 2.58. The Labute approximate surface area is 122 Å². The summed E-state index contributed by atoms with van der Waals surface area (Å²) < 4.78 is 6.48. The van der Waals surface area contributed by atoms with Gasteiger partial charge in [-0.15, -0.1) is 0 Å². The lowest BCUT2D eigenvalue weighted by molar-refractivity contribution is 0.0189. The van der Waals surface area contributed by atoms with Gasteiger partial charge < -0.3 is 10.5 Å². The Balaban J connectivity index is 1.88. The second kappa shape index (κ2) is 4.77. The quantitative estimate of drug-likeness (QED) is 0.755. The second-order valence-corrected chi connectivity index (χ2v) is 7.65. The minimum atomic E-state index is -0.0184. The van der Waals surface area contributed by atoms with Crippen LogP contribution >= 0.6 is 0 Å². The Morgan fingerprint density at radius 3 is 2.75 bits per heavy atom. The third-order valence-corrected chi connectivity index (χ3v) is 5.23. The fourth-order valence-electron chi connectivity index (χ4n) is 3.85. The molecule has 1 aliphatic heterocycles. The molecule has 2 atom stereocenters. The van der Waals surface area contributed by atoms with E-state index in [4.69, 9.17) is 10.5 Å². The van der Waals surface area contributed by atoms with E-state index < -0.39 is 0 Å². The monoisotopic (exact) mass is 273 g/mol. The predicted octanol–water partition coefficient (Wildman–Crippen LogP) is 4.51. The SMILES string of the molecule is Cc1ccc2c(c1)[C@H](N)CC1(CCCC(C)(C)CC1)O2. The van der Waals surface area contributed by atoms with Crippen molar-refractivity contribution in [1.82, 2.24) is 0 Å². The van der Waals surface area contributed by atoms with Crippen LogP contribution in [0.5, 0.6) is 5.75 Å². The van der Waals surface area contributed by atoms with E-state index in [1.165, 1.54) is 30.4 Å². The molecule has 1 fully saturated rings. The van der Waals surface area contributed by atoms with Crippen LogP contribution in [0.1, 0.15) is 69.5 Å². The molecule has 0 aromatic heterocycles. The number of benzene rings is 1. The third-order valence-electron chi connectivity index (χ3n) is 5.23. The molecule has 0 saturated heterocycles. The number of ether oxygens (including phenoxy) is 1. The maximum absolute atomic E-state index is 6.48. The largest absolute Gasteiger partial charge is 0.487 e. The summed E-state index contributed by atoms with van der Waals surface area (Å²) in [4.78, 5) is 0. The maximum Gasteiger partial charge on any atom is 0.124 e. The molecule has 0 radical (unpaired) electrons. The number of aryl methyl sites for hydroxylation is 1. The summed E-state index contributed by atoms with van der Waals surface area (Å²) >= 11 is 0. The van der Waals surface area contributed by atoms with Crippen LogP contribution in [-0.2, 0) is 0 Å². The standard InChI is InChI=1S/C18H27NO/c1-13-5-6-16-14(11-13)15(19)12-18(20-16)8-4-7-17(2,3)9-10-18/h5-6,11,15H,4,7-10,12,19H2,1-3H3/t15-,18?/m1/s1. The number of hydrogen-bond acceptors (Lipinski definition) is 2. The molecule has 2 nitrogen and oxygen atoms in total. The van der Waals surface area contributed by atoms with Gasteiger partial charge in [-0.2, -0.15) is 0 Å². The molecule has 1 aromatic rings. The van der Waals surface area contributed by atoms with Crippen molar-refractivity contribution in [3.8, 4) is 5.75 Å². The van der Waals surface area contributed by atoms with Crippen molar-refractivity contribution < 1.29 is 4.74 Å². The lowest BCUT2D eigenvalue weighted by atomic mass is 9.80. The van der Waals surface area contributed by atoms with E-state index in [-0.39, 0.29) is 11.6 Å². The first-order chi connectivity index (χ1) is 9.39. The predicted molar refractivity (Wildman–Crippen MR) is 82.9 cm³/mol. The fraction of sp³-hybridized carbons (Fsp3) is 0.667. The fourth-order valence-corrected chi connectivity index (χ4v) is 3.85. The molecule has 1 aromatic carbocycles. The van der Waals surface area contributed by atoms with Crippen LogP contribution in [0.4, 0.5) is 0 Å². The van der Waals surface area contributed by atoms with Gasteiger partial charge in [0.15, 0.2) is 0 Å². The Kier molecular flexibility index (Phi) is 3.32. The average Bonchev–Trinajstić information content (AvgIpc) is 2.51. The highest BCUT2D eigenvalue weighted by molar-refractivity contribution is 5.41. The van der Waals surface area contributed by atoms with Crippen molar-refractivity contribution in [3.05, 3.63) is 29.3 Å². The van der Waals surface area contributed by atoms with Crippen LogP contribution in [0.2, 0.25) is 0 Å². The molecule has 3 rings (SSSR count). The van der Waals surface area contributed by atoms with Crippen LogP contribution in [0.3, 0.4) is 0 Å². The number of nitrogens with two attached hydrogens (primary N) is 1. The zero-order chi connectivity index (χ0) is 14.4. The molecule has 2 aliphatic rings. The van der Waals surface area contributed by atoms with Crippen LogP contribution in [0, 0.1) is 12.3 Å². The number of fused-ring (bicyclic) bond motifs is 1. The average molecular weight is 273 g/mol. The smallest absolute Gasteiger partial charge is 0.124 e. The Hall–Kier alpha value is -1.02. The summed E-state index contributed by atoms with van der Waals surface area (Å²) in [6.07, 6.45) is 7.05. The van der Waals surface area contributed by atoms with Crippen molar-refractivity contribution in [2.24, 2.45) is 11.1 Å². The van der Waals surface area contributed by atoms with Gasteiger partial charge >= 0.3 is 0 Å². The molecular formula is C18H27NO. The van der Waals surface area contributed by atoms with E-state index in [0.29, 0.717) is 5.41 Å². The molecule has 1 heterocycles. The summed E-state index contributed by atoms with van der Waals surface area (Å²) in [5.74, 6) is 1.02. The zero-order valence-electron chi connectivity index (χ0n) is 13.0. The first-order valence-electron chi connectivity index (χ1n) is 7.94. The van der Waals surface area contributed by atoms with E-state index >= 15 is 0 Å². The topological polar surface area (TPSA) is 35.2 Å². The van der Waals surface area contributed by atoms with E-state index in [1.807, 2.05) is 0 Å². The van der Waals surface area contributed by atoms with Crippen molar-refractivity contribution in [3.63, 3.8) is 0 Å². The molecule has 1 aliphatic carbocycles. The maximum atomic E-state index is 6.48. The Morgan fingerprint density at radius 1 is 1.15 bits per heavy atom. The lowest BCUT2D eigenvalue weighted by Crippen LogP contribution is -2.42. The molecule has 0 amide bonds. The van der Waals surface area contributed by atoms with Gasteiger partial charge in [-0.1, -0.05) is 31.5 Å². The van der Waals surface area contributed by atoms with Crippen LogP contribution in [0.15, 0.2) is 18.2 Å². The molecule has 1 saturated carbocycles.